The van der Waals surface area contributed by atoms with Gasteiger partial charge >= 0.3 is 0 Å². The quantitative estimate of drug-likeness (QED) is 0.759. The molecule has 0 unspecified atom stereocenters. The third-order valence-corrected chi connectivity index (χ3v) is 4.58. The monoisotopic (exact) mass is 342 g/mol. The summed E-state index contributed by atoms with van der Waals surface area (Å²) in [7, 11) is 1.56. The van der Waals surface area contributed by atoms with Crippen LogP contribution in [-0.4, -0.2) is 40.1 Å². The van der Waals surface area contributed by atoms with Gasteiger partial charge in [0.25, 0.3) is 0 Å². The maximum Gasteiger partial charge on any atom is 0.225 e. The van der Waals surface area contributed by atoms with Gasteiger partial charge in [0, 0.05) is 25.1 Å². The smallest absolute Gasteiger partial charge is 0.225 e. The van der Waals surface area contributed by atoms with Crippen LogP contribution in [-0.2, 0) is 0 Å². The van der Waals surface area contributed by atoms with Crippen LogP contribution in [0.25, 0.3) is 11.0 Å². The highest BCUT2D eigenvalue weighted by Crippen LogP contribution is 2.30. The van der Waals surface area contributed by atoms with E-state index >= 15 is 0 Å². The minimum Gasteiger partial charge on any atom is -0.481 e. The first-order valence-electron chi connectivity index (χ1n) is 8.21. The number of nitrogens with zero attached hydrogens (tertiary/aromatic N) is 4. The van der Waals surface area contributed by atoms with Gasteiger partial charge in [0.05, 0.1) is 18.1 Å². The van der Waals surface area contributed by atoms with E-state index in [2.05, 4.69) is 24.8 Å². The Balaban J connectivity index is 1.49. The molecule has 0 amide bonds. The van der Waals surface area contributed by atoms with Gasteiger partial charge in [0.15, 0.2) is 0 Å². The predicted octanol–water partition coefficient (Wildman–Crippen LogP) is 2.47. The number of methoxy groups -OCH3 is 1. The first-order valence-corrected chi connectivity index (χ1v) is 8.21. The number of rotatable bonds is 3. The van der Waals surface area contributed by atoms with Crippen molar-refractivity contribution in [3.63, 3.8) is 0 Å². The summed E-state index contributed by atoms with van der Waals surface area (Å²) in [6.07, 6.45) is 1.85. The molecule has 2 aromatic heterocycles. The molecule has 0 aliphatic carbocycles. The highest BCUT2D eigenvalue weighted by molar-refractivity contribution is 5.75. The van der Waals surface area contributed by atoms with Gasteiger partial charge in [-0.05, 0) is 31.0 Å². The van der Waals surface area contributed by atoms with E-state index < -0.39 is 0 Å². The van der Waals surface area contributed by atoms with Crippen molar-refractivity contribution in [2.75, 3.05) is 30.8 Å². The molecule has 1 aliphatic heterocycles. The molecule has 0 saturated carbocycles. The average molecular weight is 342 g/mol. The van der Waals surface area contributed by atoms with Gasteiger partial charge in [0.1, 0.15) is 17.5 Å². The molecule has 0 bridgehead atoms. The number of nitrogens with two attached hydrogens (primary N) is 1. The van der Waals surface area contributed by atoms with Crippen LogP contribution in [0.5, 0.6) is 5.88 Å². The number of aromatic nitrogens is 4. The van der Waals surface area contributed by atoms with Gasteiger partial charge in [0.2, 0.25) is 11.8 Å². The minimum absolute atomic E-state index is 0.204. The third-order valence-electron chi connectivity index (χ3n) is 4.58. The Morgan fingerprint density at radius 2 is 2.00 bits per heavy atom. The van der Waals surface area contributed by atoms with Gasteiger partial charge in [-0.15, -0.1) is 0 Å². The fraction of sp³-hybridized carbons (Fsp3) is 0.353. The summed E-state index contributed by atoms with van der Waals surface area (Å²) in [4.78, 5) is 18.3. The van der Waals surface area contributed by atoms with Crippen LogP contribution < -0.4 is 15.4 Å². The molecule has 0 spiro atoms. The molecule has 4 rings (SSSR count). The molecule has 8 heteroatoms. The van der Waals surface area contributed by atoms with E-state index in [1.807, 2.05) is 0 Å². The summed E-state index contributed by atoms with van der Waals surface area (Å²) >= 11 is 0. The largest absolute Gasteiger partial charge is 0.481 e. The first kappa shape index (κ1) is 15.6. The maximum absolute atomic E-state index is 13.3. The zero-order valence-corrected chi connectivity index (χ0v) is 13.9. The number of nitrogens with one attached hydrogen (secondary N) is 1. The van der Waals surface area contributed by atoms with Crippen molar-refractivity contribution in [1.29, 1.82) is 0 Å². The van der Waals surface area contributed by atoms with Gasteiger partial charge in [-0.3, -0.25) is 0 Å². The maximum atomic E-state index is 13.3. The van der Waals surface area contributed by atoms with Crippen molar-refractivity contribution in [3.05, 3.63) is 35.9 Å². The van der Waals surface area contributed by atoms with Gasteiger partial charge < -0.3 is 20.4 Å². The molecule has 1 aliphatic rings. The predicted molar refractivity (Wildman–Crippen MR) is 93.2 cm³/mol. The molecular formula is C17H19FN6O. The molecule has 25 heavy (non-hydrogen) atoms. The highest BCUT2D eigenvalue weighted by atomic mass is 19.1. The van der Waals surface area contributed by atoms with Crippen LogP contribution in [0.2, 0.25) is 0 Å². The second kappa shape index (κ2) is 6.19. The summed E-state index contributed by atoms with van der Waals surface area (Å²) in [6, 6.07) is 6.41. The number of aromatic amines is 1. The summed E-state index contributed by atoms with van der Waals surface area (Å²) in [5.41, 5.74) is 7.28. The van der Waals surface area contributed by atoms with E-state index in [4.69, 9.17) is 10.5 Å². The molecule has 3 N–H and O–H groups in total. The van der Waals surface area contributed by atoms with E-state index in [9.17, 15) is 4.39 Å². The van der Waals surface area contributed by atoms with Crippen molar-refractivity contribution in [2.45, 2.75) is 18.8 Å². The molecule has 3 aromatic rings. The number of hydrogen-bond acceptors (Lipinski definition) is 6. The minimum atomic E-state index is -0.257. The van der Waals surface area contributed by atoms with E-state index in [1.165, 1.54) is 12.1 Å². The molecule has 7 nitrogen and oxygen atoms in total. The van der Waals surface area contributed by atoms with E-state index in [-0.39, 0.29) is 11.8 Å². The standard InChI is InChI=1S/C17H19FN6O/c1-25-15-9-14(22-17(19)23-15)24-6-4-10(5-7-24)16-20-12-3-2-11(18)8-13(12)21-16/h2-3,8-10H,4-7H2,1H3,(H,20,21)(H2,19,22,23). The molecule has 3 heterocycles. The fourth-order valence-electron chi connectivity index (χ4n) is 3.27. The summed E-state index contributed by atoms with van der Waals surface area (Å²) in [6.45, 7) is 1.66. The number of H-pyrrole nitrogens is 1. The Labute approximate surface area is 144 Å². The second-order valence-corrected chi connectivity index (χ2v) is 6.17. The summed E-state index contributed by atoms with van der Waals surface area (Å²) in [5.74, 6) is 2.41. The molecule has 1 aromatic carbocycles. The molecule has 130 valence electrons. The number of benzene rings is 1. The third kappa shape index (κ3) is 3.07. The second-order valence-electron chi connectivity index (χ2n) is 6.17. The number of ether oxygens (including phenoxy) is 1. The normalized spacial score (nSPS) is 15.7. The van der Waals surface area contributed by atoms with Crippen LogP contribution in [0.3, 0.4) is 0 Å². The number of anilines is 2. The lowest BCUT2D eigenvalue weighted by atomic mass is 9.96. The van der Waals surface area contributed by atoms with Crippen molar-refractivity contribution >= 4 is 22.8 Å². The Morgan fingerprint density at radius 1 is 1.20 bits per heavy atom. The molecule has 1 fully saturated rings. The van der Waals surface area contributed by atoms with Gasteiger partial charge in [-0.25, -0.2) is 9.37 Å². The summed E-state index contributed by atoms with van der Waals surface area (Å²) < 4.78 is 18.5. The van der Waals surface area contributed by atoms with Crippen molar-refractivity contribution in [1.82, 2.24) is 19.9 Å². The lowest BCUT2D eigenvalue weighted by Crippen LogP contribution is -2.34. The number of nitrogen functional groups attached to an aromatic ring is 1. The number of imidazole rings is 1. The molecule has 1 saturated heterocycles. The highest BCUT2D eigenvalue weighted by Gasteiger charge is 2.24. The number of halogens is 1. The average Bonchev–Trinajstić information content (AvgIpc) is 3.04. The molecule has 0 radical (unpaired) electrons. The summed E-state index contributed by atoms with van der Waals surface area (Å²) in [5, 5.41) is 0. The topological polar surface area (TPSA) is 93.0 Å². The van der Waals surface area contributed by atoms with Crippen LogP contribution in [0.1, 0.15) is 24.6 Å². The van der Waals surface area contributed by atoms with Crippen molar-refractivity contribution in [3.8, 4) is 5.88 Å². The fourth-order valence-corrected chi connectivity index (χ4v) is 3.27. The Bertz CT molecular complexity index is 903. The van der Waals surface area contributed by atoms with Crippen molar-refractivity contribution in [2.24, 2.45) is 0 Å². The Morgan fingerprint density at radius 3 is 2.76 bits per heavy atom. The number of piperidine rings is 1. The molecule has 0 atom stereocenters. The number of hydrogen-bond donors (Lipinski definition) is 2. The van der Waals surface area contributed by atoms with Crippen LogP contribution in [0, 0.1) is 5.82 Å². The lowest BCUT2D eigenvalue weighted by molar-refractivity contribution is 0.397. The van der Waals surface area contributed by atoms with E-state index in [1.54, 1.807) is 19.2 Å². The zero-order valence-electron chi connectivity index (χ0n) is 13.9. The van der Waals surface area contributed by atoms with E-state index in [0.29, 0.717) is 11.8 Å². The zero-order chi connectivity index (χ0) is 17.4. The van der Waals surface area contributed by atoms with E-state index in [0.717, 1.165) is 48.6 Å². The lowest BCUT2D eigenvalue weighted by Gasteiger charge is -2.32. The van der Waals surface area contributed by atoms with Crippen LogP contribution >= 0.6 is 0 Å². The van der Waals surface area contributed by atoms with Crippen LogP contribution in [0.4, 0.5) is 16.2 Å². The van der Waals surface area contributed by atoms with Crippen molar-refractivity contribution < 1.29 is 9.13 Å². The van der Waals surface area contributed by atoms with Gasteiger partial charge in [-0.1, -0.05) is 0 Å². The van der Waals surface area contributed by atoms with Gasteiger partial charge in [-0.2, -0.15) is 9.97 Å². The Hall–Kier alpha value is -2.90. The van der Waals surface area contributed by atoms with Crippen LogP contribution in [0.15, 0.2) is 24.3 Å². The molecular weight excluding hydrogens is 323 g/mol. The Kier molecular flexibility index (Phi) is 3.87. The first-order chi connectivity index (χ1) is 12.1. The SMILES string of the molecule is COc1cc(N2CCC(c3nc4ccc(F)cc4[nH]3)CC2)nc(N)n1. The number of fused-ring (bicyclic) bond motifs is 1.